The van der Waals surface area contributed by atoms with E-state index in [-0.39, 0.29) is 17.0 Å². The van der Waals surface area contributed by atoms with Crippen molar-refractivity contribution in [2.24, 2.45) is 0 Å². The summed E-state index contributed by atoms with van der Waals surface area (Å²) in [5.74, 6) is 0. The summed E-state index contributed by atoms with van der Waals surface area (Å²) < 4.78 is 21.6. The number of hydrogen-bond acceptors (Lipinski definition) is 4. The first kappa shape index (κ1) is 5.21. The number of hydrogen-bond donors (Lipinski definition) is 1. The van der Waals surface area contributed by atoms with Crippen LogP contribution in [0.3, 0.4) is 0 Å². The molecule has 0 amide bonds. The molecule has 0 radical (unpaired) electrons. The van der Waals surface area contributed by atoms with Gasteiger partial charge in [-0.15, -0.1) is 0 Å². The number of rotatable bonds is 0. The van der Waals surface area contributed by atoms with Crippen molar-refractivity contribution < 1.29 is 4.11 Å². The number of halogens is 2. The lowest BCUT2D eigenvalue weighted by Crippen LogP contribution is -2.16. The molecule has 0 fully saturated rings. The third kappa shape index (κ3) is 1.22. The standard InChI is InChI=1S/C6H6Cl2N4/c1-12-2-3-4(11-12)5(7)10-6(8)9-3/h11H,2H2,1H3/i1D3. The molecule has 1 aromatic rings. The Morgan fingerprint density at radius 2 is 2.42 bits per heavy atom. The molecule has 0 saturated carbocycles. The Hall–Kier alpha value is -0.580. The Kier molecular flexibility index (Phi) is 1.18. The maximum Gasteiger partial charge on any atom is 0.224 e. The van der Waals surface area contributed by atoms with Crippen LogP contribution in [0.2, 0.25) is 10.4 Å². The molecule has 0 saturated heterocycles. The van der Waals surface area contributed by atoms with Gasteiger partial charge in [0.05, 0.1) is 12.2 Å². The van der Waals surface area contributed by atoms with Gasteiger partial charge < -0.3 is 5.43 Å². The summed E-state index contributed by atoms with van der Waals surface area (Å²) in [6, 6.07) is 0. The molecule has 2 rings (SSSR count). The van der Waals surface area contributed by atoms with Gasteiger partial charge in [-0.2, -0.15) is 0 Å². The van der Waals surface area contributed by atoms with Crippen molar-refractivity contribution in [3.05, 3.63) is 16.1 Å². The van der Waals surface area contributed by atoms with Gasteiger partial charge in [0.15, 0.2) is 5.15 Å². The highest BCUT2D eigenvalue weighted by molar-refractivity contribution is 6.33. The topological polar surface area (TPSA) is 41.1 Å². The van der Waals surface area contributed by atoms with Gasteiger partial charge in [0.25, 0.3) is 0 Å². The second-order valence-electron chi connectivity index (χ2n) is 2.30. The van der Waals surface area contributed by atoms with E-state index < -0.39 is 6.98 Å². The number of fused-ring (bicyclic) bond motifs is 1. The van der Waals surface area contributed by atoms with Crippen molar-refractivity contribution in [1.29, 1.82) is 0 Å². The second kappa shape index (κ2) is 2.73. The molecule has 0 unspecified atom stereocenters. The van der Waals surface area contributed by atoms with Crippen molar-refractivity contribution in [2.75, 3.05) is 12.4 Å². The molecular formula is C6H6Cl2N4. The Bertz CT molecular complexity index is 408. The highest BCUT2D eigenvalue weighted by Crippen LogP contribution is 2.29. The van der Waals surface area contributed by atoms with Crippen molar-refractivity contribution in [3.8, 4) is 0 Å². The predicted octanol–water partition coefficient (Wildman–Crippen LogP) is 1.56. The molecule has 64 valence electrons. The number of hydrazine groups is 1. The zero-order valence-electron chi connectivity index (χ0n) is 8.80. The Morgan fingerprint density at radius 3 is 3.17 bits per heavy atom. The van der Waals surface area contributed by atoms with Gasteiger partial charge in [-0.25, -0.2) is 15.0 Å². The summed E-state index contributed by atoms with van der Waals surface area (Å²) in [7, 11) is 0. The SMILES string of the molecule is [2H]C([2H])([2H])N1Cc2nc(Cl)nc(Cl)c2N1. The van der Waals surface area contributed by atoms with E-state index in [1.807, 2.05) is 0 Å². The summed E-state index contributed by atoms with van der Waals surface area (Å²) in [4.78, 5) is 7.60. The van der Waals surface area contributed by atoms with Crippen molar-refractivity contribution >= 4 is 28.9 Å². The van der Waals surface area contributed by atoms with Gasteiger partial charge in [0, 0.05) is 11.1 Å². The summed E-state index contributed by atoms with van der Waals surface area (Å²) >= 11 is 11.4. The van der Waals surface area contributed by atoms with Crippen LogP contribution < -0.4 is 5.43 Å². The Balaban J connectivity index is 2.35. The zero-order valence-corrected chi connectivity index (χ0v) is 7.32. The first-order valence-corrected chi connectivity index (χ1v) is 3.90. The molecule has 6 heteroatoms. The quantitative estimate of drug-likeness (QED) is 0.518. The third-order valence-electron chi connectivity index (χ3n) is 1.47. The number of nitrogens with zero attached hydrogens (tertiary/aromatic N) is 3. The molecule has 1 N–H and O–H groups in total. The highest BCUT2D eigenvalue weighted by Gasteiger charge is 2.20. The molecule has 1 aliphatic rings. The van der Waals surface area contributed by atoms with Crippen molar-refractivity contribution in [2.45, 2.75) is 6.54 Å². The lowest BCUT2D eigenvalue weighted by molar-refractivity contribution is 0.419. The summed E-state index contributed by atoms with van der Waals surface area (Å²) in [5.41, 5.74) is 3.51. The third-order valence-corrected chi connectivity index (χ3v) is 1.91. The van der Waals surface area contributed by atoms with Crippen LogP contribution in [0.1, 0.15) is 9.81 Å². The summed E-state index contributed by atoms with van der Waals surface area (Å²) in [5, 5.41) is 1.18. The normalized spacial score (nSPS) is 20.7. The molecule has 0 aromatic carbocycles. The van der Waals surface area contributed by atoms with E-state index in [9.17, 15) is 0 Å². The van der Waals surface area contributed by atoms with Crippen molar-refractivity contribution in [3.63, 3.8) is 0 Å². The fourth-order valence-corrected chi connectivity index (χ4v) is 1.46. The lowest BCUT2D eigenvalue weighted by Gasteiger charge is -2.06. The van der Waals surface area contributed by atoms with E-state index in [0.29, 0.717) is 11.4 Å². The van der Waals surface area contributed by atoms with Crippen LogP contribution in [-0.2, 0) is 6.54 Å². The average Bonchev–Trinajstić information content (AvgIpc) is 2.46. The van der Waals surface area contributed by atoms with Crippen LogP contribution in [0.15, 0.2) is 0 Å². The lowest BCUT2D eigenvalue weighted by atomic mass is 10.4. The van der Waals surface area contributed by atoms with Gasteiger partial charge in [-0.05, 0) is 11.6 Å². The van der Waals surface area contributed by atoms with Gasteiger partial charge in [0.2, 0.25) is 5.28 Å². The van der Waals surface area contributed by atoms with E-state index in [1.54, 1.807) is 0 Å². The minimum absolute atomic E-state index is 0.00735. The Morgan fingerprint density at radius 1 is 1.58 bits per heavy atom. The molecule has 4 nitrogen and oxygen atoms in total. The molecule has 12 heavy (non-hydrogen) atoms. The van der Waals surface area contributed by atoms with E-state index in [4.69, 9.17) is 27.3 Å². The van der Waals surface area contributed by atoms with Crippen LogP contribution >= 0.6 is 23.2 Å². The highest BCUT2D eigenvalue weighted by atomic mass is 35.5. The first-order valence-electron chi connectivity index (χ1n) is 4.64. The van der Waals surface area contributed by atoms with Gasteiger partial charge in [0.1, 0.15) is 5.69 Å². The smallest absolute Gasteiger partial charge is 0.224 e. The van der Waals surface area contributed by atoms with Crippen LogP contribution in [-0.4, -0.2) is 22.0 Å². The van der Waals surface area contributed by atoms with Crippen LogP contribution in [0, 0.1) is 0 Å². The number of anilines is 1. The minimum Gasteiger partial charge on any atom is -0.314 e. The Labute approximate surface area is 83.7 Å². The molecule has 1 aliphatic heterocycles. The van der Waals surface area contributed by atoms with Crippen molar-refractivity contribution in [1.82, 2.24) is 15.0 Å². The molecule has 2 heterocycles. The molecule has 0 bridgehead atoms. The molecule has 0 spiro atoms. The fraction of sp³-hybridized carbons (Fsp3) is 0.333. The monoisotopic (exact) mass is 207 g/mol. The van der Waals surface area contributed by atoms with E-state index in [2.05, 4.69) is 15.4 Å². The maximum atomic E-state index is 7.20. The van der Waals surface area contributed by atoms with E-state index >= 15 is 0 Å². The van der Waals surface area contributed by atoms with Crippen LogP contribution in [0.5, 0.6) is 0 Å². The second-order valence-corrected chi connectivity index (χ2v) is 3.00. The first-order chi connectivity index (χ1) is 6.88. The maximum absolute atomic E-state index is 7.20. The van der Waals surface area contributed by atoms with Gasteiger partial charge in [-0.1, -0.05) is 11.6 Å². The molecule has 0 aliphatic carbocycles. The van der Waals surface area contributed by atoms with E-state index in [0.717, 1.165) is 5.01 Å². The number of aromatic nitrogens is 2. The molecule has 0 atom stereocenters. The fourth-order valence-electron chi connectivity index (χ4n) is 0.998. The molecule has 1 aromatic heterocycles. The van der Waals surface area contributed by atoms with Gasteiger partial charge in [-0.3, -0.25) is 0 Å². The van der Waals surface area contributed by atoms with Crippen LogP contribution in [0.4, 0.5) is 5.69 Å². The van der Waals surface area contributed by atoms with Gasteiger partial charge >= 0.3 is 0 Å². The number of nitrogens with one attached hydrogen (secondary N) is 1. The zero-order chi connectivity index (χ0) is 11.2. The minimum atomic E-state index is -2.25. The average molecular weight is 208 g/mol. The van der Waals surface area contributed by atoms with Crippen LogP contribution in [0.25, 0.3) is 0 Å². The molecular weight excluding hydrogens is 199 g/mol. The van der Waals surface area contributed by atoms with E-state index in [1.165, 1.54) is 0 Å². The largest absolute Gasteiger partial charge is 0.314 e. The summed E-state index contributed by atoms with van der Waals surface area (Å²) in [6.45, 7) is -2.13. The predicted molar refractivity (Wildman–Crippen MR) is 47.1 cm³/mol. The summed E-state index contributed by atoms with van der Waals surface area (Å²) in [6.07, 6.45) is 0.